The molecule has 0 aliphatic heterocycles. The van der Waals surface area contributed by atoms with Crippen molar-refractivity contribution in [2.45, 2.75) is 50.8 Å². The lowest BCUT2D eigenvalue weighted by Crippen LogP contribution is -2.10. The fraction of sp³-hybridized carbons (Fsp3) is 0.368. The molecule has 1 unspecified atom stereocenters. The molecule has 0 spiro atoms. The molecular formula is C19H23O4S-. The van der Waals surface area contributed by atoms with Crippen LogP contribution in [-0.2, 0) is 16.5 Å². The average molecular weight is 347 g/mol. The highest BCUT2D eigenvalue weighted by Gasteiger charge is 2.22. The summed E-state index contributed by atoms with van der Waals surface area (Å²) in [5.41, 5.74) is 2.36. The molecule has 0 heterocycles. The Bertz CT molecular complexity index is 789. The highest BCUT2D eigenvalue weighted by Crippen LogP contribution is 2.44. The Morgan fingerprint density at radius 3 is 2.21 bits per heavy atom. The monoisotopic (exact) mass is 347 g/mol. The van der Waals surface area contributed by atoms with Gasteiger partial charge in [-0.3, -0.25) is 4.21 Å². The summed E-state index contributed by atoms with van der Waals surface area (Å²) >= 11 is -2.59. The largest absolute Gasteiger partial charge is 0.768 e. The quantitative estimate of drug-likeness (QED) is 0.805. The van der Waals surface area contributed by atoms with E-state index in [-0.39, 0.29) is 33.3 Å². The van der Waals surface area contributed by atoms with Crippen LogP contribution in [0.4, 0.5) is 0 Å². The third kappa shape index (κ3) is 3.47. The van der Waals surface area contributed by atoms with Gasteiger partial charge in [0, 0.05) is 11.1 Å². The molecule has 130 valence electrons. The van der Waals surface area contributed by atoms with Crippen LogP contribution in [0.15, 0.2) is 35.2 Å². The standard InChI is InChI=1S/C19H24O4S/c1-11(2)16-17(20)14(10-15(18(16)21)24(22)23)12-7-6-8-13(9-12)19(3,4)5/h6-11,20-21H,1-5H3,(H,22,23)/p-1. The van der Waals surface area contributed by atoms with Gasteiger partial charge in [0.05, 0.1) is 4.90 Å². The number of phenolic OH excluding ortho intramolecular Hbond substituents is 2. The Balaban J connectivity index is 2.78. The van der Waals surface area contributed by atoms with Gasteiger partial charge < -0.3 is 14.8 Å². The van der Waals surface area contributed by atoms with Crippen LogP contribution in [0, 0.1) is 0 Å². The third-order valence-electron chi connectivity index (χ3n) is 4.07. The predicted octanol–water partition coefficient (Wildman–Crippen LogP) is 4.42. The SMILES string of the molecule is CC(C)c1c(O)c(-c2cccc(C(C)(C)C)c2)cc(S(=O)[O-])c1O. The molecule has 0 amide bonds. The lowest BCUT2D eigenvalue weighted by Gasteiger charge is -2.22. The van der Waals surface area contributed by atoms with E-state index in [4.69, 9.17) is 0 Å². The van der Waals surface area contributed by atoms with Gasteiger partial charge in [0.25, 0.3) is 0 Å². The van der Waals surface area contributed by atoms with E-state index in [1.54, 1.807) is 13.8 Å². The van der Waals surface area contributed by atoms with Crippen LogP contribution >= 0.6 is 0 Å². The zero-order valence-corrected chi connectivity index (χ0v) is 15.4. The Morgan fingerprint density at radius 1 is 1.08 bits per heavy atom. The third-order valence-corrected chi connectivity index (χ3v) is 4.74. The van der Waals surface area contributed by atoms with E-state index in [1.165, 1.54) is 6.07 Å². The molecule has 2 aromatic rings. The fourth-order valence-corrected chi connectivity index (χ4v) is 3.19. The molecule has 0 saturated carbocycles. The number of aromatic hydroxyl groups is 2. The zero-order chi connectivity index (χ0) is 18.2. The molecule has 0 aromatic heterocycles. The van der Waals surface area contributed by atoms with E-state index in [0.717, 1.165) is 5.56 Å². The Morgan fingerprint density at radius 2 is 1.71 bits per heavy atom. The van der Waals surface area contributed by atoms with Crippen LogP contribution in [0.25, 0.3) is 11.1 Å². The summed E-state index contributed by atoms with van der Waals surface area (Å²) in [5.74, 6) is -0.688. The maximum atomic E-state index is 11.5. The van der Waals surface area contributed by atoms with Gasteiger partial charge in [0.15, 0.2) is 0 Å². The lowest BCUT2D eigenvalue weighted by atomic mass is 9.85. The molecule has 0 radical (unpaired) electrons. The maximum Gasteiger partial charge on any atom is 0.137 e. The first kappa shape index (κ1) is 18.5. The highest BCUT2D eigenvalue weighted by atomic mass is 32.2. The van der Waals surface area contributed by atoms with Gasteiger partial charge in [0.1, 0.15) is 11.5 Å². The predicted molar refractivity (Wildman–Crippen MR) is 95.2 cm³/mol. The molecule has 1 atom stereocenters. The van der Waals surface area contributed by atoms with Crippen molar-refractivity contribution < 1.29 is 19.0 Å². The van der Waals surface area contributed by atoms with Crippen LogP contribution in [0.3, 0.4) is 0 Å². The lowest BCUT2D eigenvalue weighted by molar-refractivity contribution is 0.422. The number of phenols is 2. The molecule has 2 rings (SSSR count). The second-order valence-electron chi connectivity index (χ2n) is 7.25. The molecule has 24 heavy (non-hydrogen) atoms. The van der Waals surface area contributed by atoms with Crippen molar-refractivity contribution in [2.24, 2.45) is 0 Å². The van der Waals surface area contributed by atoms with Gasteiger partial charge in [-0.2, -0.15) is 0 Å². The first-order valence-electron chi connectivity index (χ1n) is 7.83. The molecule has 0 fully saturated rings. The zero-order valence-electron chi connectivity index (χ0n) is 14.6. The van der Waals surface area contributed by atoms with E-state index in [0.29, 0.717) is 11.1 Å². The van der Waals surface area contributed by atoms with Gasteiger partial charge in [0.2, 0.25) is 0 Å². The van der Waals surface area contributed by atoms with E-state index in [1.807, 2.05) is 24.3 Å². The minimum atomic E-state index is -2.59. The molecule has 5 heteroatoms. The van der Waals surface area contributed by atoms with Crippen LogP contribution in [0.2, 0.25) is 0 Å². The van der Waals surface area contributed by atoms with E-state index < -0.39 is 11.1 Å². The Labute approximate surface area is 145 Å². The molecule has 0 aliphatic rings. The van der Waals surface area contributed by atoms with Crippen molar-refractivity contribution in [1.29, 1.82) is 0 Å². The van der Waals surface area contributed by atoms with Gasteiger partial charge >= 0.3 is 0 Å². The van der Waals surface area contributed by atoms with Crippen molar-refractivity contribution in [2.75, 3.05) is 0 Å². The van der Waals surface area contributed by atoms with Crippen molar-refractivity contribution in [3.63, 3.8) is 0 Å². The van der Waals surface area contributed by atoms with E-state index in [9.17, 15) is 19.0 Å². The van der Waals surface area contributed by atoms with Crippen molar-refractivity contribution in [1.82, 2.24) is 0 Å². The van der Waals surface area contributed by atoms with Crippen molar-refractivity contribution in [3.8, 4) is 22.6 Å². The van der Waals surface area contributed by atoms with E-state index >= 15 is 0 Å². The fourth-order valence-electron chi connectivity index (χ4n) is 2.70. The molecule has 4 nitrogen and oxygen atoms in total. The summed E-state index contributed by atoms with van der Waals surface area (Å²) < 4.78 is 23.0. The Hall–Kier alpha value is -1.85. The smallest absolute Gasteiger partial charge is 0.137 e. The summed E-state index contributed by atoms with van der Waals surface area (Å²) in [6, 6.07) is 8.96. The molecule has 2 N–H and O–H groups in total. The summed E-state index contributed by atoms with van der Waals surface area (Å²) in [7, 11) is 0. The van der Waals surface area contributed by atoms with Crippen LogP contribution in [0.1, 0.15) is 51.7 Å². The summed E-state index contributed by atoms with van der Waals surface area (Å²) in [4.78, 5) is -0.201. The van der Waals surface area contributed by atoms with Gasteiger partial charge in [-0.05, 0) is 39.6 Å². The van der Waals surface area contributed by atoms with Crippen molar-refractivity contribution >= 4 is 11.1 Å². The van der Waals surface area contributed by atoms with Crippen molar-refractivity contribution in [3.05, 3.63) is 41.5 Å². The van der Waals surface area contributed by atoms with Gasteiger partial charge in [-0.25, -0.2) is 0 Å². The number of hydrogen-bond donors (Lipinski definition) is 2. The first-order valence-corrected chi connectivity index (χ1v) is 8.90. The van der Waals surface area contributed by atoms with Gasteiger partial charge in [-0.1, -0.05) is 58.9 Å². The maximum absolute atomic E-state index is 11.5. The molecular weight excluding hydrogens is 324 g/mol. The number of hydrogen-bond acceptors (Lipinski definition) is 4. The molecule has 0 bridgehead atoms. The molecule has 0 saturated heterocycles. The minimum Gasteiger partial charge on any atom is -0.768 e. The van der Waals surface area contributed by atoms with E-state index in [2.05, 4.69) is 20.8 Å². The second kappa shape index (κ2) is 6.57. The second-order valence-corrected chi connectivity index (χ2v) is 8.16. The van der Waals surface area contributed by atoms with Gasteiger partial charge in [-0.15, -0.1) is 0 Å². The van der Waals surface area contributed by atoms with Crippen LogP contribution < -0.4 is 0 Å². The van der Waals surface area contributed by atoms with Crippen LogP contribution in [-0.4, -0.2) is 19.0 Å². The summed E-state index contributed by atoms with van der Waals surface area (Å²) in [5, 5.41) is 20.8. The number of benzene rings is 2. The number of rotatable bonds is 3. The summed E-state index contributed by atoms with van der Waals surface area (Å²) in [6.45, 7) is 9.84. The Kier molecular flexibility index (Phi) is 5.06. The highest BCUT2D eigenvalue weighted by molar-refractivity contribution is 7.79. The minimum absolute atomic E-state index is 0.0758. The molecule has 0 aliphatic carbocycles. The molecule has 2 aromatic carbocycles. The first-order chi connectivity index (χ1) is 11.0. The normalized spacial score (nSPS) is 13.3. The van der Waals surface area contributed by atoms with Crippen LogP contribution in [0.5, 0.6) is 11.5 Å². The summed E-state index contributed by atoms with van der Waals surface area (Å²) in [6.07, 6.45) is 0. The topological polar surface area (TPSA) is 80.6 Å². The average Bonchev–Trinajstić information content (AvgIpc) is 2.46.